The molecule has 3 nitrogen and oxygen atoms in total. The predicted octanol–water partition coefficient (Wildman–Crippen LogP) is 8.09. The fourth-order valence-electron chi connectivity index (χ4n) is 3.71. The van der Waals surface area contributed by atoms with Crippen LogP contribution in [0.2, 0.25) is 15.1 Å². The minimum absolute atomic E-state index is 0.0436. The van der Waals surface area contributed by atoms with E-state index in [1.807, 2.05) is 0 Å². The van der Waals surface area contributed by atoms with Crippen LogP contribution in [0.3, 0.4) is 0 Å². The number of alkyl halides is 6. The van der Waals surface area contributed by atoms with Crippen molar-refractivity contribution in [1.29, 1.82) is 0 Å². The van der Waals surface area contributed by atoms with Gasteiger partial charge in [-0.1, -0.05) is 53.0 Å². The Morgan fingerprint density at radius 2 is 1.56 bits per heavy atom. The van der Waals surface area contributed by atoms with Gasteiger partial charge in [0.2, 0.25) is 0 Å². The topological polar surface area (TPSA) is 23.6 Å². The first-order valence-corrected chi connectivity index (χ1v) is 12.4. The molecule has 1 atom stereocenters. The lowest BCUT2D eigenvalue weighted by atomic mass is 9.97. The number of piperazine rings is 1. The van der Waals surface area contributed by atoms with E-state index in [0.717, 1.165) is 18.2 Å². The maximum atomic E-state index is 13.8. The number of carbonyl (C=O) groups is 1. The summed E-state index contributed by atoms with van der Waals surface area (Å²) in [6, 6.07) is 6.62. The molecule has 13 heteroatoms. The number of carbonyl (C=O) groups excluding carboxylic acids is 1. The molecule has 36 heavy (non-hydrogen) atoms. The fraction of sp³-hybridized carbons (Fsp3) is 0.348. The number of rotatable bonds is 5. The molecule has 0 aromatic heterocycles. The van der Waals surface area contributed by atoms with Crippen molar-refractivity contribution in [3.63, 3.8) is 0 Å². The molecule has 196 valence electrons. The van der Waals surface area contributed by atoms with E-state index in [-0.39, 0.29) is 58.3 Å². The van der Waals surface area contributed by atoms with Crippen molar-refractivity contribution in [1.82, 2.24) is 9.80 Å². The van der Waals surface area contributed by atoms with Crippen LogP contribution in [0.15, 0.2) is 40.9 Å². The summed E-state index contributed by atoms with van der Waals surface area (Å²) in [6.07, 6.45) is -6.75. The summed E-state index contributed by atoms with van der Waals surface area (Å²) in [5.41, 5.74) is 0.447. The second kappa shape index (κ2) is 11.5. The lowest BCUT2D eigenvalue weighted by molar-refractivity contribution is -0.148. The van der Waals surface area contributed by atoms with E-state index in [9.17, 15) is 31.1 Å². The van der Waals surface area contributed by atoms with E-state index in [0.29, 0.717) is 10.0 Å². The molecule has 1 amide bonds. The number of allylic oxidation sites excluding steroid dienone is 1. The van der Waals surface area contributed by atoms with E-state index in [2.05, 4.69) is 15.9 Å². The normalized spacial score (nSPS) is 16.6. The second-order valence-electron chi connectivity index (χ2n) is 8.10. The van der Waals surface area contributed by atoms with Crippen molar-refractivity contribution in [2.75, 3.05) is 32.7 Å². The Hall–Kier alpha value is -1.46. The highest BCUT2D eigenvalue weighted by molar-refractivity contribution is 9.10. The Kier molecular flexibility index (Phi) is 9.31. The van der Waals surface area contributed by atoms with Crippen LogP contribution in [0, 0.1) is 0 Å². The zero-order valence-corrected chi connectivity index (χ0v) is 22.1. The monoisotopic (exact) mass is 636 g/mol. The van der Waals surface area contributed by atoms with Crippen molar-refractivity contribution in [3.8, 4) is 0 Å². The third kappa shape index (κ3) is 7.54. The average Bonchev–Trinajstić information content (AvgIpc) is 2.75. The molecule has 1 unspecified atom stereocenters. The molecule has 0 saturated carbocycles. The first kappa shape index (κ1) is 29.1. The van der Waals surface area contributed by atoms with E-state index >= 15 is 0 Å². The molecule has 1 aliphatic heterocycles. The summed E-state index contributed by atoms with van der Waals surface area (Å²) in [4.78, 5) is 15.5. The van der Waals surface area contributed by atoms with Gasteiger partial charge in [-0.05, 0) is 51.3 Å². The first-order valence-electron chi connectivity index (χ1n) is 10.4. The summed E-state index contributed by atoms with van der Waals surface area (Å²) < 4.78 is 79.3. The molecule has 0 bridgehead atoms. The van der Waals surface area contributed by atoms with Crippen LogP contribution < -0.4 is 0 Å². The Labute approximate surface area is 226 Å². The standard InChI is InChI=1S/C23H18BrCl3F6N2O/c24-17-9-13(2-4-16(23(31,32)33)14-10-18(25)20(27)19(26)11-14)1-3-15(17)21(36)35-7-5-34(6-8-35)12-22(28,29)30/h1-4,9-11,16H,5-8,12H2. The lowest BCUT2D eigenvalue weighted by Gasteiger charge is -2.35. The minimum atomic E-state index is -4.64. The first-order chi connectivity index (χ1) is 16.7. The molecule has 1 saturated heterocycles. The highest BCUT2D eigenvalue weighted by Gasteiger charge is 2.39. The van der Waals surface area contributed by atoms with Crippen LogP contribution in [0.25, 0.3) is 6.08 Å². The van der Waals surface area contributed by atoms with Crippen LogP contribution in [0.5, 0.6) is 0 Å². The third-order valence-corrected chi connectivity index (χ3v) is 7.34. The predicted molar refractivity (Wildman–Crippen MR) is 132 cm³/mol. The number of amides is 1. The van der Waals surface area contributed by atoms with Crippen LogP contribution in [0.1, 0.15) is 27.4 Å². The van der Waals surface area contributed by atoms with E-state index in [4.69, 9.17) is 34.8 Å². The second-order valence-corrected chi connectivity index (χ2v) is 10.1. The molecule has 2 aromatic rings. The molecule has 1 fully saturated rings. The lowest BCUT2D eigenvalue weighted by Crippen LogP contribution is -2.50. The van der Waals surface area contributed by atoms with Gasteiger partial charge in [0.05, 0.1) is 33.1 Å². The SMILES string of the molecule is O=C(c1ccc(C=CC(c2cc(Cl)c(Cl)c(Cl)c2)C(F)(F)F)cc1Br)N1CCN(CC(F)(F)F)CC1. The van der Waals surface area contributed by atoms with Gasteiger partial charge in [0.15, 0.2) is 0 Å². The zero-order valence-electron chi connectivity index (χ0n) is 18.2. The quantitative estimate of drug-likeness (QED) is 0.244. The molecule has 0 radical (unpaired) electrons. The molecular formula is C23H18BrCl3F6N2O. The molecule has 0 spiro atoms. The smallest absolute Gasteiger partial charge is 0.336 e. The Balaban J connectivity index is 1.75. The number of hydrogen-bond acceptors (Lipinski definition) is 2. The van der Waals surface area contributed by atoms with Gasteiger partial charge in [0.1, 0.15) is 0 Å². The fourth-order valence-corrected chi connectivity index (χ4v) is 4.89. The van der Waals surface area contributed by atoms with Crippen LogP contribution >= 0.6 is 50.7 Å². The molecule has 1 aliphatic rings. The maximum Gasteiger partial charge on any atom is 0.401 e. The van der Waals surface area contributed by atoms with E-state index < -0.39 is 24.8 Å². The summed E-state index contributed by atoms with van der Waals surface area (Å²) in [5, 5.41) is -0.253. The van der Waals surface area contributed by atoms with Crippen molar-refractivity contribution in [2.45, 2.75) is 18.3 Å². The number of halogens is 10. The molecule has 2 aromatic carbocycles. The number of benzene rings is 2. The Bertz CT molecular complexity index is 1120. The molecule has 1 heterocycles. The summed E-state index contributed by atoms with van der Waals surface area (Å²) in [7, 11) is 0. The average molecular weight is 639 g/mol. The zero-order chi connectivity index (χ0) is 26.8. The highest BCUT2D eigenvalue weighted by Crippen LogP contribution is 2.41. The van der Waals surface area contributed by atoms with Gasteiger partial charge in [0, 0.05) is 30.7 Å². The van der Waals surface area contributed by atoms with Gasteiger partial charge in [-0.2, -0.15) is 26.3 Å². The van der Waals surface area contributed by atoms with Crippen LogP contribution in [-0.2, 0) is 0 Å². The molecular weight excluding hydrogens is 621 g/mol. The van der Waals surface area contributed by atoms with Crippen molar-refractivity contribution >= 4 is 62.7 Å². The van der Waals surface area contributed by atoms with Gasteiger partial charge in [-0.15, -0.1) is 0 Å². The Morgan fingerprint density at radius 1 is 0.972 bits per heavy atom. The highest BCUT2D eigenvalue weighted by atomic mass is 79.9. The van der Waals surface area contributed by atoms with E-state index in [1.165, 1.54) is 34.1 Å². The third-order valence-electron chi connectivity index (χ3n) is 5.48. The Morgan fingerprint density at radius 3 is 2.06 bits per heavy atom. The molecule has 3 rings (SSSR count). The largest absolute Gasteiger partial charge is 0.401 e. The maximum absolute atomic E-state index is 13.8. The molecule has 0 N–H and O–H groups in total. The van der Waals surface area contributed by atoms with Crippen molar-refractivity contribution in [3.05, 3.63) is 72.6 Å². The summed E-state index contributed by atoms with van der Waals surface area (Å²) >= 11 is 20.9. The van der Waals surface area contributed by atoms with Crippen LogP contribution in [0.4, 0.5) is 26.3 Å². The molecule has 0 aliphatic carbocycles. The van der Waals surface area contributed by atoms with E-state index in [1.54, 1.807) is 0 Å². The van der Waals surface area contributed by atoms with Gasteiger partial charge in [-0.25, -0.2) is 0 Å². The van der Waals surface area contributed by atoms with Crippen molar-refractivity contribution in [2.24, 2.45) is 0 Å². The van der Waals surface area contributed by atoms with Crippen LogP contribution in [-0.4, -0.2) is 60.8 Å². The van der Waals surface area contributed by atoms with Gasteiger partial charge in [0.25, 0.3) is 5.91 Å². The minimum Gasteiger partial charge on any atom is -0.336 e. The van der Waals surface area contributed by atoms with Crippen molar-refractivity contribution < 1.29 is 31.1 Å². The number of hydrogen-bond donors (Lipinski definition) is 0. The number of nitrogens with zero attached hydrogens (tertiary/aromatic N) is 2. The summed E-state index contributed by atoms with van der Waals surface area (Å²) in [6.45, 7) is -0.611. The summed E-state index contributed by atoms with van der Waals surface area (Å²) in [5.74, 6) is -2.40. The van der Waals surface area contributed by atoms with Gasteiger partial charge < -0.3 is 4.90 Å². The van der Waals surface area contributed by atoms with Gasteiger partial charge >= 0.3 is 12.4 Å². The van der Waals surface area contributed by atoms with Gasteiger partial charge in [-0.3, -0.25) is 9.69 Å².